The molecule has 7 nitrogen and oxygen atoms in total. The van der Waals surface area contributed by atoms with Crippen LogP contribution in [0.1, 0.15) is 18.1 Å². The summed E-state index contributed by atoms with van der Waals surface area (Å²) in [4.78, 5) is 0. The van der Waals surface area contributed by atoms with Gasteiger partial charge in [0.05, 0.1) is 6.61 Å². The summed E-state index contributed by atoms with van der Waals surface area (Å²) in [5, 5.41) is 17.2. The third-order valence-corrected chi connectivity index (χ3v) is 6.33. The van der Waals surface area contributed by atoms with Crippen LogP contribution < -0.4 is 14.8 Å². The van der Waals surface area contributed by atoms with Crippen LogP contribution in [-0.4, -0.2) is 39.1 Å². The molecular formula is C20H22Cl3N5O2S. The first kappa shape index (κ1) is 23.9. The fraction of sp³-hybridized carbons (Fsp3) is 0.350. The van der Waals surface area contributed by atoms with Crippen LogP contribution in [0.5, 0.6) is 11.5 Å². The van der Waals surface area contributed by atoms with Crippen molar-refractivity contribution in [3.05, 3.63) is 56.5 Å². The summed E-state index contributed by atoms with van der Waals surface area (Å²) >= 11 is 20.5. The lowest BCUT2D eigenvalue weighted by atomic mass is 10.2. The predicted molar refractivity (Wildman–Crippen MR) is 125 cm³/mol. The normalized spacial score (nSPS) is 11.0. The number of nitrogens with zero attached hydrogens (tertiary/aromatic N) is 4. The highest BCUT2D eigenvalue weighted by atomic mass is 35.5. The molecule has 31 heavy (non-hydrogen) atoms. The molecule has 0 aliphatic heterocycles. The average Bonchev–Trinajstić information content (AvgIpc) is 3.15. The minimum Gasteiger partial charge on any atom is -0.490 e. The van der Waals surface area contributed by atoms with E-state index in [4.69, 9.17) is 44.3 Å². The van der Waals surface area contributed by atoms with Crippen molar-refractivity contribution in [2.24, 2.45) is 7.05 Å². The summed E-state index contributed by atoms with van der Waals surface area (Å²) in [7, 11) is 1.81. The molecule has 0 aliphatic carbocycles. The molecule has 1 N–H and O–H groups in total. The van der Waals surface area contributed by atoms with E-state index in [0.29, 0.717) is 45.3 Å². The van der Waals surface area contributed by atoms with E-state index < -0.39 is 0 Å². The average molecular weight is 503 g/mol. The quantitative estimate of drug-likeness (QED) is 0.291. The molecule has 0 atom stereocenters. The molecule has 166 valence electrons. The van der Waals surface area contributed by atoms with E-state index in [1.807, 2.05) is 20.0 Å². The van der Waals surface area contributed by atoms with Crippen molar-refractivity contribution in [2.75, 3.05) is 18.9 Å². The third kappa shape index (κ3) is 6.63. The molecular weight excluding hydrogens is 481 g/mol. The Labute approximate surface area is 200 Å². The zero-order valence-electron chi connectivity index (χ0n) is 17.1. The van der Waals surface area contributed by atoms with Crippen molar-refractivity contribution >= 4 is 46.6 Å². The van der Waals surface area contributed by atoms with Gasteiger partial charge in [-0.1, -0.05) is 52.6 Å². The van der Waals surface area contributed by atoms with Gasteiger partial charge in [0.1, 0.15) is 6.61 Å². The van der Waals surface area contributed by atoms with Gasteiger partial charge in [0, 0.05) is 52.6 Å². The molecule has 1 aromatic heterocycles. The Kier molecular flexibility index (Phi) is 9.10. The molecule has 0 unspecified atom stereocenters. The lowest BCUT2D eigenvalue weighted by Crippen LogP contribution is -2.17. The standard InChI is InChI=1S/C20H22Cl3N5O2S/c1-3-29-18-9-13(11-24-7-8-31-20-25-26-27-28(20)2)17(23)10-19(18)30-12-14-15(21)5-4-6-16(14)22/h4-6,9-10,24H,3,7-8,11-12H2,1-2H3. The predicted octanol–water partition coefficient (Wildman–Crippen LogP) is 5.03. The van der Waals surface area contributed by atoms with Crippen LogP contribution in [0.25, 0.3) is 0 Å². The summed E-state index contributed by atoms with van der Waals surface area (Å²) in [6, 6.07) is 8.99. The highest BCUT2D eigenvalue weighted by Crippen LogP contribution is 2.35. The number of thioether (sulfide) groups is 1. The smallest absolute Gasteiger partial charge is 0.209 e. The van der Waals surface area contributed by atoms with Gasteiger partial charge in [0.2, 0.25) is 5.16 Å². The molecule has 2 aromatic carbocycles. The zero-order chi connectivity index (χ0) is 22.2. The van der Waals surface area contributed by atoms with Crippen LogP contribution in [0.15, 0.2) is 35.5 Å². The molecule has 0 bridgehead atoms. The Bertz CT molecular complexity index is 998. The number of hydrogen-bond acceptors (Lipinski definition) is 7. The van der Waals surface area contributed by atoms with E-state index in [2.05, 4.69) is 20.8 Å². The van der Waals surface area contributed by atoms with Gasteiger partial charge in [-0.15, -0.1) is 5.10 Å². The first-order valence-corrected chi connectivity index (χ1v) is 11.7. The first-order chi connectivity index (χ1) is 15.0. The Hall–Kier alpha value is -1.71. The van der Waals surface area contributed by atoms with Gasteiger partial charge in [0.15, 0.2) is 11.5 Å². The van der Waals surface area contributed by atoms with Gasteiger partial charge in [-0.05, 0) is 41.1 Å². The van der Waals surface area contributed by atoms with Crippen molar-refractivity contribution in [3.8, 4) is 11.5 Å². The van der Waals surface area contributed by atoms with E-state index in [1.54, 1.807) is 40.7 Å². The number of halogens is 3. The molecule has 3 aromatic rings. The van der Waals surface area contributed by atoms with Crippen LogP contribution in [-0.2, 0) is 20.2 Å². The van der Waals surface area contributed by atoms with Gasteiger partial charge in [-0.3, -0.25) is 0 Å². The van der Waals surface area contributed by atoms with Crippen LogP contribution in [0.4, 0.5) is 0 Å². The number of tetrazole rings is 1. The number of benzene rings is 2. The maximum atomic E-state index is 6.50. The van der Waals surface area contributed by atoms with E-state index in [-0.39, 0.29) is 6.61 Å². The van der Waals surface area contributed by atoms with Gasteiger partial charge >= 0.3 is 0 Å². The number of rotatable bonds is 11. The van der Waals surface area contributed by atoms with E-state index in [9.17, 15) is 0 Å². The SMILES string of the molecule is CCOc1cc(CNCCSc2nnnn2C)c(Cl)cc1OCc1c(Cl)cccc1Cl. The maximum Gasteiger partial charge on any atom is 0.209 e. The highest BCUT2D eigenvalue weighted by Gasteiger charge is 2.13. The summed E-state index contributed by atoms with van der Waals surface area (Å²) in [5.41, 5.74) is 1.63. The number of ether oxygens (including phenoxy) is 2. The molecule has 0 fully saturated rings. The molecule has 0 saturated carbocycles. The van der Waals surface area contributed by atoms with Gasteiger partial charge in [-0.2, -0.15) is 0 Å². The summed E-state index contributed by atoms with van der Waals surface area (Å²) in [5.74, 6) is 1.98. The van der Waals surface area contributed by atoms with Crippen LogP contribution >= 0.6 is 46.6 Å². The third-order valence-electron chi connectivity index (χ3n) is 4.25. The minimum atomic E-state index is 0.209. The van der Waals surface area contributed by atoms with Crippen molar-refractivity contribution in [1.29, 1.82) is 0 Å². The van der Waals surface area contributed by atoms with Crippen LogP contribution in [0.3, 0.4) is 0 Å². The van der Waals surface area contributed by atoms with E-state index in [0.717, 1.165) is 23.0 Å². The summed E-state index contributed by atoms with van der Waals surface area (Å²) in [6.07, 6.45) is 0. The number of aromatic nitrogens is 4. The second kappa shape index (κ2) is 11.8. The Morgan fingerprint density at radius 3 is 2.48 bits per heavy atom. The lowest BCUT2D eigenvalue weighted by Gasteiger charge is -2.16. The fourth-order valence-corrected chi connectivity index (χ4v) is 4.17. The molecule has 0 aliphatic rings. The van der Waals surface area contributed by atoms with Crippen molar-refractivity contribution < 1.29 is 9.47 Å². The Morgan fingerprint density at radius 2 is 1.81 bits per heavy atom. The van der Waals surface area contributed by atoms with Gasteiger partial charge < -0.3 is 14.8 Å². The van der Waals surface area contributed by atoms with Crippen LogP contribution in [0.2, 0.25) is 15.1 Å². The largest absolute Gasteiger partial charge is 0.490 e. The van der Waals surface area contributed by atoms with Crippen molar-refractivity contribution in [1.82, 2.24) is 25.5 Å². The second-order valence-corrected chi connectivity index (χ2v) is 8.71. The van der Waals surface area contributed by atoms with Gasteiger partial charge in [-0.25, -0.2) is 4.68 Å². The first-order valence-electron chi connectivity index (χ1n) is 9.56. The number of nitrogens with one attached hydrogen (secondary N) is 1. The van der Waals surface area contributed by atoms with Crippen molar-refractivity contribution in [3.63, 3.8) is 0 Å². The molecule has 0 saturated heterocycles. The van der Waals surface area contributed by atoms with Crippen molar-refractivity contribution in [2.45, 2.75) is 25.2 Å². The minimum absolute atomic E-state index is 0.209. The fourth-order valence-electron chi connectivity index (χ4n) is 2.70. The van der Waals surface area contributed by atoms with E-state index in [1.165, 1.54) is 0 Å². The molecule has 3 rings (SSSR count). The molecule has 1 heterocycles. The monoisotopic (exact) mass is 501 g/mol. The topological polar surface area (TPSA) is 74.1 Å². The summed E-state index contributed by atoms with van der Waals surface area (Å²) in [6.45, 7) is 3.98. The molecule has 0 spiro atoms. The molecule has 0 radical (unpaired) electrons. The van der Waals surface area contributed by atoms with E-state index >= 15 is 0 Å². The lowest BCUT2D eigenvalue weighted by molar-refractivity contribution is 0.269. The van der Waals surface area contributed by atoms with Gasteiger partial charge in [0.25, 0.3) is 0 Å². The second-order valence-electron chi connectivity index (χ2n) is 6.42. The highest BCUT2D eigenvalue weighted by molar-refractivity contribution is 7.99. The Morgan fingerprint density at radius 1 is 1.06 bits per heavy atom. The number of aryl methyl sites for hydroxylation is 1. The van der Waals surface area contributed by atoms with Crippen LogP contribution in [0, 0.1) is 0 Å². The summed E-state index contributed by atoms with van der Waals surface area (Å²) < 4.78 is 13.4. The zero-order valence-corrected chi connectivity index (χ0v) is 20.2. The molecule has 11 heteroatoms. The molecule has 0 amide bonds. The Balaban J connectivity index is 1.60. The number of hydrogen-bond donors (Lipinski definition) is 1. The maximum absolute atomic E-state index is 6.50.